The molecule has 22 heavy (non-hydrogen) atoms. The molecular formula is C18H22N2O2. The monoisotopic (exact) mass is 298 g/mol. The zero-order valence-electron chi connectivity index (χ0n) is 12.9. The quantitative estimate of drug-likeness (QED) is 0.873. The first-order valence-corrected chi connectivity index (χ1v) is 7.58. The zero-order valence-corrected chi connectivity index (χ0v) is 12.9. The Hall–Kier alpha value is -2.36. The van der Waals surface area contributed by atoms with Gasteiger partial charge in [0.15, 0.2) is 0 Å². The zero-order chi connectivity index (χ0) is 15.8. The number of primary amides is 1. The Morgan fingerprint density at radius 1 is 1.14 bits per heavy atom. The fourth-order valence-electron chi connectivity index (χ4n) is 2.70. The standard InChI is InChI=1S/C17H19NO.CH3NO/c1-13-6-11-17(18-12-13)19-16-9-7-15(8-10-16)14-4-2-3-5-14;2-1-3/h6-12,14H,2-5H2,1H3;1H,(H2,2,3). The Morgan fingerprint density at radius 2 is 1.77 bits per heavy atom. The van der Waals surface area contributed by atoms with Gasteiger partial charge in [-0.1, -0.05) is 31.0 Å². The summed E-state index contributed by atoms with van der Waals surface area (Å²) in [6.45, 7) is 2.02. The summed E-state index contributed by atoms with van der Waals surface area (Å²) in [5.41, 5.74) is 6.76. The third-order valence-corrected chi connectivity index (χ3v) is 3.81. The summed E-state index contributed by atoms with van der Waals surface area (Å²) in [6, 6.07) is 12.4. The summed E-state index contributed by atoms with van der Waals surface area (Å²) in [7, 11) is 0. The van der Waals surface area contributed by atoms with Crippen molar-refractivity contribution in [3.63, 3.8) is 0 Å². The van der Waals surface area contributed by atoms with Crippen LogP contribution in [0.2, 0.25) is 0 Å². The topological polar surface area (TPSA) is 65.2 Å². The van der Waals surface area contributed by atoms with Crippen LogP contribution in [0.15, 0.2) is 42.6 Å². The van der Waals surface area contributed by atoms with E-state index >= 15 is 0 Å². The maximum absolute atomic E-state index is 8.58. The molecule has 0 saturated heterocycles. The summed E-state index contributed by atoms with van der Waals surface area (Å²) in [6.07, 6.45) is 7.48. The third kappa shape index (κ3) is 4.58. The van der Waals surface area contributed by atoms with E-state index in [9.17, 15) is 0 Å². The minimum Gasteiger partial charge on any atom is -0.439 e. The number of benzene rings is 1. The van der Waals surface area contributed by atoms with Gasteiger partial charge in [-0.15, -0.1) is 0 Å². The Kier molecular flexibility index (Phi) is 5.95. The van der Waals surface area contributed by atoms with Gasteiger partial charge in [0.1, 0.15) is 5.75 Å². The number of carbonyl (C=O) groups excluding carboxylic acids is 1. The number of hydrogen-bond donors (Lipinski definition) is 1. The molecule has 2 aromatic rings. The number of hydrogen-bond acceptors (Lipinski definition) is 3. The predicted octanol–water partition coefficient (Wildman–Crippen LogP) is 3.94. The first-order chi connectivity index (χ1) is 10.7. The average Bonchev–Trinajstić information content (AvgIpc) is 3.06. The van der Waals surface area contributed by atoms with Crippen molar-refractivity contribution < 1.29 is 9.53 Å². The van der Waals surface area contributed by atoms with E-state index in [0.717, 1.165) is 17.2 Å². The van der Waals surface area contributed by atoms with Crippen LogP contribution in [-0.4, -0.2) is 11.4 Å². The molecular weight excluding hydrogens is 276 g/mol. The normalized spacial score (nSPS) is 14.0. The van der Waals surface area contributed by atoms with Crippen molar-refractivity contribution >= 4 is 6.41 Å². The molecule has 0 bridgehead atoms. The molecule has 2 N–H and O–H groups in total. The first kappa shape index (κ1) is 16.0. The molecule has 1 saturated carbocycles. The molecule has 1 amide bonds. The number of aromatic nitrogens is 1. The van der Waals surface area contributed by atoms with E-state index in [0.29, 0.717) is 5.88 Å². The lowest BCUT2D eigenvalue weighted by Gasteiger charge is -2.10. The molecule has 0 aliphatic heterocycles. The molecule has 116 valence electrons. The number of ether oxygens (including phenoxy) is 1. The van der Waals surface area contributed by atoms with Crippen LogP contribution in [-0.2, 0) is 4.79 Å². The molecule has 1 aliphatic carbocycles. The van der Waals surface area contributed by atoms with Gasteiger partial charge in [-0.05, 0) is 48.9 Å². The van der Waals surface area contributed by atoms with E-state index in [4.69, 9.17) is 9.53 Å². The molecule has 0 atom stereocenters. The fraction of sp³-hybridized carbons (Fsp3) is 0.333. The number of aryl methyl sites for hydroxylation is 1. The summed E-state index contributed by atoms with van der Waals surface area (Å²) >= 11 is 0. The lowest BCUT2D eigenvalue weighted by Crippen LogP contribution is -1.92. The van der Waals surface area contributed by atoms with Gasteiger partial charge < -0.3 is 10.5 Å². The predicted molar refractivity (Wildman–Crippen MR) is 87.0 cm³/mol. The second-order valence-corrected chi connectivity index (χ2v) is 5.46. The lowest BCUT2D eigenvalue weighted by atomic mass is 9.98. The summed E-state index contributed by atoms with van der Waals surface area (Å²) < 4.78 is 5.74. The van der Waals surface area contributed by atoms with Crippen LogP contribution in [0.4, 0.5) is 0 Å². The third-order valence-electron chi connectivity index (χ3n) is 3.81. The van der Waals surface area contributed by atoms with Gasteiger partial charge in [0.2, 0.25) is 12.3 Å². The number of amides is 1. The smallest absolute Gasteiger partial charge is 0.219 e. The summed E-state index contributed by atoms with van der Waals surface area (Å²) in [5, 5.41) is 0. The molecule has 1 aliphatic rings. The number of pyridine rings is 1. The number of carbonyl (C=O) groups is 1. The van der Waals surface area contributed by atoms with Crippen LogP contribution in [0.5, 0.6) is 11.6 Å². The number of rotatable bonds is 3. The molecule has 3 rings (SSSR count). The summed E-state index contributed by atoms with van der Waals surface area (Å²) in [5.74, 6) is 2.27. The van der Waals surface area contributed by atoms with Crippen LogP contribution < -0.4 is 10.5 Å². The van der Waals surface area contributed by atoms with Gasteiger partial charge in [-0.2, -0.15) is 0 Å². The number of nitrogens with two attached hydrogens (primary N) is 1. The minimum absolute atomic E-state index is 0.250. The van der Waals surface area contributed by atoms with Gasteiger partial charge in [-0.25, -0.2) is 4.98 Å². The highest BCUT2D eigenvalue weighted by molar-refractivity contribution is 5.42. The maximum Gasteiger partial charge on any atom is 0.219 e. The highest BCUT2D eigenvalue weighted by Gasteiger charge is 2.16. The van der Waals surface area contributed by atoms with E-state index < -0.39 is 0 Å². The van der Waals surface area contributed by atoms with Gasteiger partial charge >= 0.3 is 0 Å². The second kappa shape index (κ2) is 8.17. The highest BCUT2D eigenvalue weighted by atomic mass is 16.5. The largest absolute Gasteiger partial charge is 0.439 e. The van der Waals surface area contributed by atoms with Crippen molar-refractivity contribution in [3.05, 3.63) is 53.7 Å². The van der Waals surface area contributed by atoms with Crippen molar-refractivity contribution in [3.8, 4) is 11.6 Å². The van der Waals surface area contributed by atoms with E-state index in [1.54, 1.807) is 0 Å². The molecule has 1 fully saturated rings. The maximum atomic E-state index is 8.58. The van der Waals surface area contributed by atoms with E-state index in [1.165, 1.54) is 31.2 Å². The fourth-order valence-corrected chi connectivity index (χ4v) is 2.70. The number of nitrogens with zero attached hydrogens (tertiary/aromatic N) is 1. The van der Waals surface area contributed by atoms with E-state index in [2.05, 4.69) is 35.0 Å². The summed E-state index contributed by atoms with van der Waals surface area (Å²) in [4.78, 5) is 12.8. The molecule has 1 aromatic carbocycles. The first-order valence-electron chi connectivity index (χ1n) is 7.58. The van der Waals surface area contributed by atoms with Crippen LogP contribution >= 0.6 is 0 Å². The Balaban J connectivity index is 0.000000545. The van der Waals surface area contributed by atoms with E-state index in [-0.39, 0.29) is 6.41 Å². The van der Waals surface area contributed by atoms with Crippen LogP contribution in [0.1, 0.15) is 42.7 Å². The van der Waals surface area contributed by atoms with Crippen LogP contribution in [0, 0.1) is 6.92 Å². The van der Waals surface area contributed by atoms with Crippen molar-refractivity contribution in [2.45, 2.75) is 38.5 Å². The molecule has 1 heterocycles. The van der Waals surface area contributed by atoms with Crippen LogP contribution in [0.25, 0.3) is 0 Å². The average molecular weight is 298 g/mol. The molecule has 0 spiro atoms. The van der Waals surface area contributed by atoms with Crippen molar-refractivity contribution in [2.24, 2.45) is 5.73 Å². The second-order valence-electron chi connectivity index (χ2n) is 5.46. The van der Waals surface area contributed by atoms with Crippen molar-refractivity contribution in [1.29, 1.82) is 0 Å². The highest BCUT2D eigenvalue weighted by Crippen LogP contribution is 2.34. The molecule has 0 radical (unpaired) electrons. The van der Waals surface area contributed by atoms with Crippen molar-refractivity contribution in [2.75, 3.05) is 0 Å². The van der Waals surface area contributed by atoms with Gasteiger partial charge in [-0.3, -0.25) is 4.79 Å². The van der Waals surface area contributed by atoms with Gasteiger partial charge in [0, 0.05) is 12.3 Å². The Labute approximate surface area is 131 Å². The molecule has 1 aromatic heterocycles. The Morgan fingerprint density at radius 3 is 2.32 bits per heavy atom. The van der Waals surface area contributed by atoms with Gasteiger partial charge in [0.05, 0.1) is 0 Å². The minimum atomic E-state index is 0.250. The molecule has 0 unspecified atom stereocenters. The van der Waals surface area contributed by atoms with Crippen LogP contribution in [0.3, 0.4) is 0 Å². The van der Waals surface area contributed by atoms with Gasteiger partial charge in [0.25, 0.3) is 0 Å². The van der Waals surface area contributed by atoms with Crippen molar-refractivity contribution in [1.82, 2.24) is 4.98 Å². The molecule has 4 nitrogen and oxygen atoms in total. The Bertz CT molecular complexity index is 573. The molecule has 4 heteroatoms. The van der Waals surface area contributed by atoms with E-state index in [1.807, 2.05) is 25.3 Å². The lowest BCUT2D eigenvalue weighted by molar-refractivity contribution is -0.106. The SMILES string of the molecule is Cc1ccc(Oc2ccc(C3CCCC3)cc2)nc1.NC=O.